The third kappa shape index (κ3) is 1.41. The number of nitrogens with zero attached hydrogens (tertiary/aromatic N) is 1. The van der Waals surface area contributed by atoms with E-state index < -0.39 is 5.60 Å². The number of hydrogen-bond donors (Lipinski definition) is 1. The average Bonchev–Trinajstić information content (AvgIpc) is 2.85. The van der Waals surface area contributed by atoms with E-state index in [2.05, 4.69) is 12.2 Å². The van der Waals surface area contributed by atoms with Crippen LogP contribution in [0.1, 0.15) is 26.2 Å². The Morgan fingerprint density at radius 2 is 2.19 bits per heavy atom. The van der Waals surface area contributed by atoms with Crippen molar-refractivity contribution in [1.29, 1.82) is 0 Å². The lowest BCUT2D eigenvalue weighted by Gasteiger charge is -2.47. The predicted molar refractivity (Wildman–Crippen MR) is 60.7 cm³/mol. The van der Waals surface area contributed by atoms with Crippen molar-refractivity contribution in [3.05, 3.63) is 12.2 Å². The molecule has 2 aliphatic carbocycles. The largest absolute Gasteiger partial charge is 0.386 e. The molecule has 1 aliphatic heterocycles. The molecule has 3 unspecified atom stereocenters. The fourth-order valence-corrected chi connectivity index (χ4v) is 3.34. The lowest BCUT2D eigenvalue weighted by molar-refractivity contribution is -0.160. The van der Waals surface area contributed by atoms with E-state index in [4.69, 9.17) is 0 Å². The van der Waals surface area contributed by atoms with Gasteiger partial charge in [-0.05, 0) is 31.1 Å². The zero-order valence-electron chi connectivity index (χ0n) is 9.72. The summed E-state index contributed by atoms with van der Waals surface area (Å²) in [5.74, 6) is 1.60. The molecule has 3 nitrogen and oxygen atoms in total. The third-order valence-electron chi connectivity index (χ3n) is 4.54. The normalized spacial score (nSPS) is 38.9. The molecule has 3 aliphatic rings. The minimum atomic E-state index is -0.594. The van der Waals surface area contributed by atoms with Crippen LogP contribution in [0.4, 0.5) is 0 Å². The van der Waals surface area contributed by atoms with Crippen molar-refractivity contribution >= 4 is 5.91 Å². The van der Waals surface area contributed by atoms with Crippen LogP contribution in [-0.2, 0) is 4.79 Å². The van der Waals surface area contributed by atoms with Crippen molar-refractivity contribution in [2.24, 2.45) is 17.8 Å². The molecule has 3 rings (SSSR count). The number of allylic oxidation sites excluding steroid dienone is 2. The monoisotopic (exact) mass is 221 g/mol. The Bertz CT molecular complexity index is 344. The molecule has 16 heavy (non-hydrogen) atoms. The van der Waals surface area contributed by atoms with E-state index >= 15 is 0 Å². The molecule has 3 heteroatoms. The van der Waals surface area contributed by atoms with E-state index in [0.717, 1.165) is 12.8 Å². The first-order chi connectivity index (χ1) is 7.61. The summed E-state index contributed by atoms with van der Waals surface area (Å²) in [5, 5.41) is 9.90. The van der Waals surface area contributed by atoms with Crippen LogP contribution < -0.4 is 0 Å². The quantitative estimate of drug-likeness (QED) is 0.711. The maximum Gasteiger partial charge on any atom is 0.226 e. The van der Waals surface area contributed by atoms with Gasteiger partial charge in [0.15, 0.2) is 0 Å². The molecule has 3 atom stereocenters. The van der Waals surface area contributed by atoms with Gasteiger partial charge < -0.3 is 10.0 Å². The first-order valence-electron chi connectivity index (χ1n) is 6.31. The highest BCUT2D eigenvalue weighted by Gasteiger charge is 2.47. The van der Waals surface area contributed by atoms with Crippen LogP contribution in [0.25, 0.3) is 0 Å². The molecule has 0 aromatic heterocycles. The SMILES string of the molecule is CCC1(O)CN(C(=O)C2CC3C=CC2C3)C1. The van der Waals surface area contributed by atoms with Gasteiger partial charge in [-0.25, -0.2) is 0 Å². The Labute approximate surface area is 96.1 Å². The summed E-state index contributed by atoms with van der Waals surface area (Å²) >= 11 is 0. The summed E-state index contributed by atoms with van der Waals surface area (Å²) in [6.07, 6.45) is 7.41. The summed E-state index contributed by atoms with van der Waals surface area (Å²) in [7, 11) is 0. The number of aliphatic hydroxyl groups is 1. The van der Waals surface area contributed by atoms with E-state index in [0.29, 0.717) is 24.9 Å². The maximum atomic E-state index is 12.2. The van der Waals surface area contributed by atoms with Gasteiger partial charge in [0, 0.05) is 5.92 Å². The predicted octanol–water partition coefficient (Wildman–Crippen LogP) is 1.18. The molecule has 1 N–H and O–H groups in total. The standard InChI is InChI=1S/C13H19NO2/c1-2-13(16)7-14(8-13)12(15)11-6-9-3-4-10(11)5-9/h3-4,9-11,16H,2,5-8H2,1H3. The van der Waals surface area contributed by atoms with Gasteiger partial charge in [0.05, 0.1) is 18.7 Å². The van der Waals surface area contributed by atoms with Crippen molar-refractivity contribution in [1.82, 2.24) is 4.90 Å². The van der Waals surface area contributed by atoms with Gasteiger partial charge in [0.1, 0.15) is 0 Å². The summed E-state index contributed by atoms with van der Waals surface area (Å²) in [6.45, 7) is 3.06. The number of hydrogen-bond acceptors (Lipinski definition) is 2. The minimum Gasteiger partial charge on any atom is -0.386 e. The van der Waals surface area contributed by atoms with Gasteiger partial charge in [-0.15, -0.1) is 0 Å². The first kappa shape index (κ1) is 10.3. The Morgan fingerprint density at radius 3 is 2.69 bits per heavy atom. The lowest BCUT2D eigenvalue weighted by Crippen LogP contribution is -2.64. The smallest absolute Gasteiger partial charge is 0.226 e. The number of carbonyl (C=O) groups is 1. The number of amides is 1. The summed E-state index contributed by atoms with van der Waals surface area (Å²) < 4.78 is 0. The summed E-state index contributed by atoms with van der Waals surface area (Å²) in [5.41, 5.74) is -0.594. The average molecular weight is 221 g/mol. The number of fused-ring (bicyclic) bond motifs is 2. The Hall–Kier alpha value is -0.830. The van der Waals surface area contributed by atoms with Crippen molar-refractivity contribution in [2.75, 3.05) is 13.1 Å². The van der Waals surface area contributed by atoms with Crippen LogP contribution >= 0.6 is 0 Å². The van der Waals surface area contributed by atoms with E-state index in [1.165, 1.54) is 6.42 Å². The van der Waals surface area contributed by atoms with Crippen molar-refractivity contribution in [3.8, 4) is 0 Å². The zero-order valence-corrected chi connectivity index (χ0v) is 9.72. The molecule has 0 aromatic rings. The van der Waals surface area contributed by atoms with Crippen LogP contribution in [0, 0.1) is 17.8 Å². The summed E-state index contributed by atoms with van der Waals surface area (Å²) in [4.78, 5) is 14.0. The molecule has 0 aromatic carbocycles. The van der Waals surface area contributed by atoms with E-state index in [1.807, 2.05) is 11.8 Å². The van der Waals surface area contributed by atoms with Crippen LogP contribution in [0.3, 0.4) is 0 Å². The third-order valence-corrected chi connectivity index (χ3v) is 4.54. The molecule has 1 amide bonds. The van der Waals surface area contributed by atoms with Gasteiger partial charge in [-0.1, -0.05) is 19.1 Å². The molecule has 1 saturated carbocycles. The van der Waals surface area contributed by atoms with Crippen LogP contribution in [0.15, 0.2) is 12.2 Å². The molecule has 2 fully saturated rings. The van der Waals surface area contributed by atoms with Gasteiger partial charge in [0.25, 0.3) is 0 Å². The molecule has 0 spiro atoms. The fourth-order valence-electron chi connectivity index (χ4n) is 3.34. The zero-order chi connectivity index (χ0) is 11.3. The molecule has 1 heterocycles. The molecular weight excluding hydrogens is 202 g/mol. The second kappa shape index (κ2) is 3.33. The van der Waals surface area contributed by atoms with Crippen molar-refractivity contribution in [2.45, 2.75) is 31.8 Å². The highest BCUT2D eigenvalue weighted by atomic mass is 16.3. The van der Waals surface area contributed by atoms with E-state index in [-0.39, 0.29) is 11.8 Å². The van der Waals surface area contributed by atoms with Crippen molar-refractivity contribution in [3.63, 3.8) is 0 Å². The highest BCUT2D eigenvalue weighted by Crippen LogP contribution is 2.45. The van der Waals surface area contributed by atoms with Gasteiger partial charge in [0.2, 0.25) is 5.91 Å². The van der Waals surface area contributed by atoms with Gasteiger partial charge in [-0.2, -0.15) is 0 Å². The van der Waals surface area contributed by atoms with Crippen LogP contribution in [0.5, 0.6) is 0 Å². The van der Waals surface area contributed by atoms with Gasteiger partial charge in [-0.3, -0.25) is 4.79 Å². The number of likely N-dealkylation sites (tertiary alicyclic amines) is 1. The van der Waals surface area contributed by atoms with Crippen molar-refractivity contribution < 1.29 is 9.90 Å². The Morgan fingerprint density at radius 1 is 1.44 bits per heavy atom. The topological polar surface area (TPSA) is 40.5 Å². The van der Waals surface area contributed by atoms with E-state index in [1.54, 1.807) is 0 Å². The number of β-amino-alcohol motifs (C(OH)–C–C–N with tert-alkyl or cyclic N) is 1. The van der Waals surface area contributed by atoms with Crippen LogP contribution in [-0.4, -0.2) is 34.6 Å². The summed E-state index contributed by atoms with van der Waals surface area (Å²) in [6, 6.07) is 0. The molecule has 2 bridgehead atoms. The second-order valence-electron chi connectivity index (χ2n) is 5.66. The minimum absolute atomic E-state index is 0.205. The van der Waals surface area contributed by atoms with E-state index in [9.17, 15) is 9.90 Å². The van der Waals surface area contributed by atoms with Crippen LogP contribution in [0.2, 0.25) is 0 Å². The molecule has 88 valence electrons. The van der Waals surface area contributed by atoms with Gasteiger partial charge >= 0.3 is 0 Å². The Kier molecular flexibility index (Phi) is 2.15. The molecule has 0 radical (unpaired) electrons. The first-order valence-corrected chi connectivity index (χ1v) is 6.31. The highest BCUT2D eigenvalue weighted by molar-refractivity contribution is 5.81. The maximum absolute atomic E-state index is 12.2. The Balaban J connectivity index is 1.62. The molecular formula is C13H19NO2. The molecule has 1 saturated heterocycles. The lowest BCUT2D eigenvalue weighted by atomic mass is 9.86. The number of carbonyl (C=O) groups excluding carboxylic acids is 1. The number of rotatable bonds is 2. The fraction of sp³-hybridized carbons (Fsp3) is 0.769. The second-order valence-corrected chi connectivity index (χ2v) is 5.66.